The van der Waals surface area contributed by atoms with Crippen molar-refractivity contribution in [2.75, 3.05) is 13.1 Å². The molecule has 3 rings (SSSR count). The lowest BCUT2D eigenvalue weighted by atomic mass is 10.0. The summed E-state index contributed by atoms with van der Waals surface area (Å²) in [6.45, 7) is 1.47. The molecule has 1 aliphatic heterocycles. The van der Waals surface area contributed by atoms with E-state index in [1.54, 1.807) is 24.3 Å². The Kier molecular flexibility index (Phi) is 5.36. The summed E-state index contributed by atoms with van der Waals surface area (Å²) in [6.07, 6.45) is 4.67. The molecule has 1 heterocycles. The number of amides is 2. The van der Waals surface area contributed by atoms with E-state index in [0.717, 1.165) is 44.3 Å². The van der Waals surface area contributed by atoms with Crippen LogP contribution in [0, 0.1) is 5.92 Å². The third-order valence-electron chi connectivity index (χ3n) is 4.94. The normalized spacial score (nSPS) is 18.0. The van der Waals surface area contributed by atoms with Crippen LogP contribution < -0.4 is 5.32 Å². The van der Waals surface area contributed by atoms with Crippen molar-refractivity contribution < 1.29 is 19.5 Å². The summed E-state index contributed by atoms with van der Waals surface area (Å²) >= 11 is 0. The second-order valence-electron chi connectivity index (χ2n) is 6.94. The van der Waals surface area contributed by atoms with Gasteiger partial charge in [0.2, 0.25) is 11.8 Å². The van der Waals surface area contributed by atoms with Gasteiger partial charge in [0, 0.05) is 31.5 Å². The molecule has 2 aliphatic rings. The minimum absolute atomic E-state index is 0.00859. The second kappa shape index (κ2) is 7.68. The highest BCUT2D eigenvalue weighted by atomic mass is 16.4. The van der Waals surface area contributed by atoms with Crippen LogP contribution in [0.1, 0.15) is 48.0 Å². The van der Waals surface area contributed by atoms with E-state index in [0.29, 0.717) is 12.8 Å². The number of aromatic carboxylic acids is 1. The number of carbonyl (C=O) groups is 3. The highest BCUT2D eigenvalue weighted by Crippen LogP contribution is 2.31. The molecule has 0 bridgehead atoms. The van der Waals surface area contributed by atoms with Crippen LogP contribution in [0.2, 0.25) is 0 Å². The van der Waals surface area contributed by atoms with Gasteiger partial charge in [-0.15, -0.1) is 0 Å². The highest BCUT2D eigenvalue weighted by Gasteiger charge is 2.35. The Labute approximate surface area is 147 Å². The van der Waals surface area contributed by atoms with Gasteiger partial charge in [-0.2, -0.15) is 0 Å². The summed E-state index contributed by atoms with van der Waals surface area (Å²) in [6, 6.07) is 6.76. The summed E-state index contributed by atoms with van der Waals surface area (Å²) in [5.41, 5.74) is 1.20. The zero-order chi connectivity index (χ0) is 17.8. The molecule has 1 aliphatic carbocycles. The van der Waals surface area contributed by atoms with Gasteiger partial charge in [-0.05, 0) is 49.8 Å². The van der Waals surface area contributed by atoms with Gasteiger partial charge in [-0.25, -0.2) is 4.79 Å². The molecule has 0 unspecified atom stereocenters. The maximum absolute atomic E-state index is 12.1. The number of rotatable bonds is 6. The van der Waals surface area contributed by atoms with Crippen molar-refractivity contribution in [1.82, 2.24) is 10.2 Å². The number of carboxylic acids is 1. The zero-order valence-corrected chi connectivity index (χ0v) is 14.2. The number of hydrogen-bond donors (Lipinski definition) is 2. The maximum Gasteiger partial charge on any atom is 0.335 e. The first-order valence-electron chi connectivity index (χ1n) is 8.93. The van der Waals surface area contributed by atoms with E-state index in [1.807, 2.05) is 4.90 Å². The minimum Gasteiger partial charge on any atom is -0.478 e. The molecule has 2 amide bonds. The molecule has 25 heavy (non-hydrogen) atoms. The standard InChI is InChI=1S/C19H24N2O4/c22-17(8-3-13-1-4-15(5-2-13)19(24)25)20-16-9-11-21(12-10-16)18(23)14-6-7-14/h1-2,4-5,14,16H,3,6-12H2,(H,20,22)(H,24,25). The Hall–Kier alpha value is -2.37. The number of aryl methyl sites for hydroxylation is 1. The SMILES string of the molecule is O=C(CCc1ccc(C(=O)O)cc1)NC1CCN(C(=O)C2CC2)CC1. The van der Waals surface area contributed by atoms with E-state index in [9.17, 15) is 14.4 Å². The zero-order valence-electron chi connectivity index (χ0n) is 14.2. The fourth-order valence-corrected chi connectivity index (χ4v) is 3.20. The molecule has 0 atom stereocenters. The smallest absolute Gasteiger partial charge is 0.335 e. The van der Waals surface area contributed by atoms with Gasteiger partial charge in [-0.3, -0.25) is 9.59 Å². The number of nitrogens with one attached hydrogen (secondary N) is 1. The Morgan fingerprint density at radius 1 is 1.04 bits per heavy atom. The Bertz CT molecular complexity index is 644. The molecular formula is C19H24N2O4. The van der Waals surface area contributed by atoms with E-state index in [-0.39, 0.29) is 29.3 Å². The number of benzene rings is 1. The minimum atomic E-state index is -0.948. The van der Waals surface area contributed by atoms with Crippen LogP contribution in [-0.4, -0.2) is 46.9 Å². The molecule has 0 spiro atoms. The first-order chi connectivity index (χ1) is 12.0. The van der Waals surface area contributed by atoms with E-state index >= 15 is 0 Å². The molecule has 0 radical (unpaired) electrons. The number of nitrogens with zero attached hydrogens (tertiary/aromatic N) is 1. The predicted octanol–water partition coefficient (Wildman–Crippen LogP) is 1.83. The van der Waals surface area contributed by atoms with Crippen molar-refractivity contribution in [2.24, 2.45) is 5.92 Å². The van der Waals surface area contributed by atoms with Gasteiger partial charge in [0.1, 0.15) is 0 Å². The van der Waals surface area contributed by atoms with Gasteiger partial charge in [0.25, 0.3) is 0 Å². The summed E-state index contributed by atoms with van der Waals surface area (Å²) in [5.74, 6) is -0.390. The molecule has 1 aromatic rings. The molecule has 0 aromatic heterocycles. The van der Waals surface area contributed by atoms with Crippen molar-refractivity contribution in [3.8, 4) is 0 Å². The average Bonchev–Trinajstić information content (AvgIpc) is 3.45. The van der Waals surface area contributed by atoms with E-state index in [1.165, 1.54) is 0 Å². The largest absolute Gasteiger partial charge is 0.478 e. The number of carbonyl (C=O) groups excluding carboxylic acids is 2. The van der Waals surface area contributed by atoms with Gasteiger partial charge >= 0.3 is 5.97 Å². The number of hydrogen-bond acceptors (Lipinski definition) is 3. The molecule has 1 aromatic carbocycles. The monoisotopic (exact) mass is 344 g/mol. The molecule has 6 heteroatoms. The molecule has 6 nitrogen and oxygen atoms in total. The van der Waals surface area contributed by atoms with Crippen molar-refractivity contribution in [3.63, 3.8) is 0 Å². The van der Waals surface area contributed by atoms with Gasteiger partial charge in [-0.1, -0.05) is 12.1 Å². The van der Waals surface area contributed by atoms with Crippen molar-refractivity contribution in [1.29, 1.82) is 0 Å². The summed E-state index contributed by atoms with van der Waals surface area (Å²) < 4.78 is 0. The fraction of sp³-hybridized carbons (Fsp3) is 0.526. The van der Waals surface area contributed by atoms with Gasteiger partial charge in [0.05, 0.1) is 5.56 Å². The molecule has 1 saturated heterocycles. The van der Waals surface area contributed by atoms with Gasteiger partial charge in [0.15, 0.2) is 0 Å². The van der Waals surface area contributed by atoms with Crippen LogP contribution in [0.25, 0.3) is 0 Å². The van der Waals surface area contributed by atoms with Crippen LogP contribution in [0.5, 0.6) is 0 Å². The average molecular weight is 344 g/mol. The summed E-state index contributed by atoms with van der Waals surface area (Å²) in [5, 5.41) is 11.9. The van der Waals surface area contributed by atoms with E-state index < -0.39 is 5.97 Å². The highest BCUT2D eigenvalue weighted by molar-refractivity contribution is 5.87. The Morgan fingerprint density at radius 3 is 2.24 bits per heavy atom. The summed E-state index contributed by atoms with van der Waals surface area (Å²) in [7, 11) is 0. The quantitative estimate of drug-likeness (QED) is 0.824. The number of likely N-dealkylation sites (tertiary alicyclic amines) is 1. The molecule has 1 saturated carbocycles. The fourth-order valence-electron chi connectivity index (χ4n) is 3.20. The number of piperidine rings is 1. The van der Waals surface area contributed by atoms with E-state index in [4.69, 9.17) is 5.11 Å². The Balaban J connectivity index is 1.38. The maximum atomic E-state index is 12.1. The molecule has 2 N–H and O–H groups in total. The molecular weight excluding hydrogens is 320 g/mol. The van der Waals surface area contributed by atoms with Crippen LogP contribution >= 0.6 is 0 Å². The summed E-state index contributed by atoms with van der Waals surface area (Å²) in [4.78, 5) is 36.9. The first kappa shape index (κ1) is 17.5. The third kappa shape index (κ3) is 4.81. The predicted molar refractivity (Wildman–Crippen MR) is 92.2 cm³/mol. The second-order valence-corrected chi connectivity index (χ2v) is 6.94. The van der Waals surface area contributed by atoms with Crippen LogP contribution in [-0.2, 0) is 16.0 Å². The van der Waals surface area contributed by atoms with Gasteiger partial charge < -0.3 is 15.3 Å². The topological polar surface area (TPSA) is 86.7 Å². The van der Waals surface area contributed by atoms with Crippen molar-refractivity contribution in [3.05, 3.63) is 35.4 Å². The first-order valence-corrected chi connectivity index (χ1v) is 8.93. The van der Waals surface area contributed by atoms with Crippen molar-refractivity contribution in [2.45, 2.75) is 44.6 Å². The number of carboxylic acid groups (broad SMARTS) is 1. The lowest BCUT2D eigenvalue weighted by Crippen LogP contribution is -2.47. The van der Waals surface area contributed by atoms with Crippen LogP contribution in [0.15, 0.2) is 24.3 Å². The molecule has 2 fully saturated rings. The van der Waals surface area contributed by atoms with Crippen LogP contribution in [0.3, 0.4) is 0 Å². The lowest BCUT2D eigenvalue weighted by molar-refractivity contribution is -0.133. The Morgan fingerprint density at radius 2 is 1.68 bits per heavy atom. The van der Waals surface area contributed by atoms with E-state index in [2.05, 4.69) is 5.32 Å². The third-order valence-corrected chi connectivity index (χ3v) is 4.94. The van der Waals surface area contributed by atoms with Crippen molar-refractivity contribution >= 4 is 17.8 Å². The lowest BCUT2D eigenvalue weighted by Gasteiger charge is -2.32. The molecule has 134 valence electrons. The van der Waals surface area contributed by atoms with Crippen LogP contribution in [0.4, 0.5) is 0 Å².